The second kappa shape index (κ2) is 10.4. The van der Waals surface area contributed by atoms with Gasteiger partial charge in [0.1, 0.15) is 0 Å². The summed E-state index contributed by atoms with van der Waals surface area (Å²) in [7, 11) is 1.77. The standard InChI is InChI=1S/C16H22N4OS.HI/c1-12(2)21-15-7-6-13(9-18-15)10-19-16(17-3)20-11-14-5-4-8-22-14;/h4-9,12H,10-11H2,1-3H3,(H2,17,19,20);1H. The number of thiophene rings is 1. The van der Waals surface area contributed by atoms with Crippen molar-refractivity contribution < 1.29 is 4.74 Å². The minimum atomic E-state index is 0. The van der Waals surface area contributed by atoms with E-state index < -0.39 is 0 Å². The molecule has 0 amide bonds. The lowest BCUT2D eigenvalue weighted by molar-refractivity contribution is 0.232. The van der Waals surface area contributed by atoms with Crippen molar-refractivity contribution in [1.82, 2.24) is 15.6 Å². The fourth-order valence-electron chi connectivity index (χ4n) is 1.82. The Morgan fingerprint density at radius 3 is 2.61 bits per heavy atom. The van der Waals surface area contributed by atoms with Crippen molar-refractivity contribution in [1.29, 1.82) is 0 Å². The fourth-order valence-corrected chi connectivity index (χ4v) is 2.46. The lowest BCUT2D eigenvalue weighted by Gasteiger charge is -2.12. The highest BCUT2D eigenvalue weighted by Gasteiger charge is 2.02. The lowest BCUT2D eigenvalue weighted by atomic mass is 10.3. The molecule has 2 N–H and O–H groups in total. The molecule has 2 aromatic rings. The van der Waals surface area contributed by atoms with E-state index in [9.17, 15) is 0 Å². The summed E-state index contributed by atoms with van der Waals surface area (Å²) in [5.74, 6) is 1.43. The molecule has 0 atom stereocenters. The van der Waals surface area contributed by atoms with E-state index in [4.69, 9.17) is 4.74 Å². The van der Waals surface area contributed by atoms with Crippen LogP contribution >= 0.6 is 35.3 Å². The molecule has 0 aliphatic rings. The van der Waals surface area contributed by atoms with Crippen molar-refractivity contribution in [2.45, 2.75) is 33.0 Å². The van der Waals surface area contributed by atoms with Gasteiger partial charge < -0.3 is 15.4 Å². The number of hydrogen-bond donors (Lipinski definition) is 2. The number of nitrogens with zero attached hydrogens (tertiary/aromatic N) is 2. The van der Waals surface area contributed by atoms with Gasteiger partial charge in [0, 0.05) is 30.7 Å². The van der Waals surface area contributed by atoms with Crippen molar-refractivity contribution in [2.24, 2.45) is 4.99 Å². The third-order valence-corrected chi connectivity index (χ3v) is 3.72. The quantitative estimate of drug-likeness (QED) is 0.406. The van der Waals surface area contributed by atoms with E-state index in [0.717, 1.165) is 18.1 Å². The van der Waals surface area contributed by atoms with Crippen LogP contribution in [0.1, 0.15) is 24.3 Å². The van der Waals surface area contributed by atoms with Crippen LogP contribution in [-0.2, 0) is 13.1 Å². The van der Waals surface area contributed by atoms with E-state index in [2.05, 4.69) is 32.1 Å². The van der Waals surface area contributed by atoms with Crippen LogP contribution < -0.4 is 15.4 Å². The summed E-state index contributed by atoms with van der Waals surface area (Å²) in [6.45, 7) is 5.41. The van der Waals surface area contributed by atoms with Crippen LogP contribution in [0, 0.1) is 0 Å². The summed E-state index contributed by atoms with van der Waals surface area (Å²) >= 11 is 1.73. The molecule has 0 unspecified atom stereocenters. The number of pyridine rings is 1. The number of hydrogen-bond acceptors (Lipinski definition) is 4. The van der Waals surface area contributed by atoms with Crippen LogP contribution in [0.15, 0.2) is 40.8 Å². The molecule has 0 saturated carbocycles. The van der Waals surface area contributed by atoms with Gasteiger partial charge in [0.25, 0.3) is 0 Å². The monoisotopic (exact) mass is 446 g/mol. The van der Waals surface area contributed by atoms with Gasteiger partial charge in [-0.2, -0.15) is 0 Å². The first kappa shape index (κ1) is 19.7. The Labute approximate surface area is 158 Å². The van der Waals surface area contributed by atoms with Crippen molar-refractivity contribution in [3.63, 3.8) is 0 Å². The Morgan fingerprint density at radius 1 is 1.26 bits per heavy atom. The van der Waals surface area contributed by atoms with Crippen molar-refractivity contribution in [3.05, 3.63) is 46.3 Å². The van der Waals surface area contributed by atoms with E-state index in [-0.39, 0.29) is 30.1 Å². The summed E-state index contributed by atoms with van der Waals surface area (Å²) in [5.41, 5.74) is 1.08. The van der Waals surface area contributed by atoms with Gasteiger partial charge in [-0.1, -0.05) is 12.1 Å². The second-order valence-electron chi connectivity index (χ2n) is 5.03. The average Bonchev–Trinajstić information content (AvgIpc) is 3.02. The minimum Gasteiger partial charge on any atom is -0.475 e. The minimum absolute atomic E-state index is 0. The number of halogens is 1. The number of guanidine groups is 1. The van der Waals surface area contributed by atoms with Gasteiger partial charge in [-0.25, -0.2) is 4.98 Å². The summed E-state index contributed by atoms with van der Waals surface area (Å²) in [5, 5.41) is 8.62. The Morgan fingerprint density at radius 2 is 2.04 bits per heavy atom. The zero-order valence-corrected chi connectivity index (χ0v) is 16.7. The maximum absolute atomic E-state index is 5.53. The Kier molecular flexibility index (Phi) is 8.93. The first-order chi connectivity index (χ1) is 10.7. The largest absolute Gasteiger partial charge is 0.475 e. The predicted octanol–water partition coefficient (Wildman–Crippen LogP) is 3.41. The van der Waals surface area contributed by atoms with E-state index >= 15 is 0 Å². The normalized spacial score (nSPS) is 11.0. The van der Waals surface area contributed by atoms with Crippen LogP contribution in [0.2, 0.25) is 0 Å². The summed E-state index contributed by atoms with van der Waals surface area (Å²) in [6.07, 6.45) is 1.95. The second-order valence-corrected chi connectivity index (χ2v) is 6.06. The Hall–Kier alpha value is -1.35. The molecule has 0 fully saturated rings. The summed E-state index contributed by atoms with van der Waals surface area (Å²) < 4.78 is 5.53. The maximum atomic E-state index is 5.53. The molecule has 0 aromatic carbocycles. The smallest absolute Gasteiger partial charge is 0.213 e. The number of aromatic nitrogens is 1. The highest BCUT2D eigenvalue weighted by Crippen LogP contribution is 2.09. The number of rotatable bonds is 6. The Bertz CT molecular complexity index is 585. The Balaban J connectivity index is 0.00000264. The third-order valence-electron chi connectivity index (χ3n) is 2.85. The van der Waals surface area contributed by atoms with Crippen molar-refractivity contribution >= 4 is 41.3 Å². The van der Waals surface area contributed by atoms with Crippen molar-refractivity contribution in [2.75, 3.05) is 7.05 Å². The molecule has 0 aliphatic carbocycles. The molecule has 0 aliphatic heterocycles. The van der Waals surface area contributed by atoms with Gasteiger partial charge in [-0.15, -0.1) is 35.3 Å². The molecule has 0 saturated heterocycles. The first-order valence-electron chi connectivity index (χ1n) is 7.26. The van der Waals surface area contributed by atoms with E-state index in [0.29, 0.717) is 12.4 Å². The van der Waals surface area contributed by atoms with Crippen LogP contribution in [0.25, 0.3) is 0 Å². The first-order valence-corrected chi connectivity index (χ1v) is 8.14. The molecule has 5 nitrogen and oxygen atoms in total. The van der Waals surface area contributed by atoms with E-state index in [1.165, 1.54) is 4.88 Å². The highest BCUT2D eigenvalue weighted by molar-refractivity contribution is 14.0. The molecule has 0 bridgehead atoms. The number of ether oxygens (including phenoxy) is 1. The molecule has 0 spiro atoms. The highest BCUT2D eigenvalue weighted by atomic mass is 127. The van der Waals surface area contributed by atoms with Crippen LogP contribution in [0.5, 0.6) is 5.88 Å². The fraction of sp³-hybridized carbons (Fsp3) is 0.375. The number of nitrogens with one attached hydrogen (secondary N) is 2. The van der Waals surface area contributed by atoms with Gasteiger partial charge in [0.05, 0.1) is 12.6 Å². The van der Waals surface area contributed by atoms with Gasteiger partial charge in [-0.05, 0) is 30.9 Å². The SMILES string of the molecule is CN=C(NCc1ccc(OC(C)C)nc1)NCc1cccs1.I. The zero-order chi connectivity index (χ0) is 15.8. The molecule has 7 heteroatoms. The topological polar surface area (TPSA) is 58.5 Å². The number of aliphatic imine (C=N–C) groups is 1. The summed E-state index contributed by atoms with van der Waals surface area (Å²) in [6, 6.07) is 8.04. The van der Waals surface area contributed by atoms with E-state index in [1.54, 1.807) is 18.4 Å². The molecule has 0 radical (unpaired) electrons. The molecular formula is C16H23IN4OS. The van der Waals surface area contributed by atoms with Crippen molar-refractivity contribution in [3.8, 4) is 5.88 Å². The molecule has 23 heavy (non-hydrogen) atoms. The molecular weight excluding hydrogens is 423 g/mol. The van der Waals surface area contributed by atoms with Crippen LogP contribution in [0.4, 0.5) is 0 Å². The molecule has 2 rings (SSSR count). The van der Waals surface area contributed by atoms with Gasteiger partial charge in [-0.3, -0.25) is 4.99 Å². The molecule has 126 valence electrons. The van der Waals surface area contributed by atoms with Crippen LogP contribution in [0.3, 0.4) is 0 Å². The van der Waals surface area contributed by atoms with Gasteiger partial charge >= 0.3 is 0 Å². The molecule has 2 aromatic heterocycles. The van der Waals surface area contributed by atoms with Gasteiger partial charge in [0.2, 0.25) is 5.88 Å². The lowest BCUT2D eigenvalue weighted by Crippen LogP contribution is -2.36. The summed E-state index contributed by atoms with van der Waals surface area (Å²) in [4.78, 5) is 9.78. The van der Waals surface area contributed by atoms with Gasteiger partial charge in [0.15, 0.2) is 5.96 Å². The third kappa shape index (κ3) is 7.17. The average molecular weight is 446 g/mol. The molecule has 2 heterocycles. The predicted molar refractivity (Wildman–Crippen MR) is 107 cm³/mol. The van der Waals surface area contributed by atoms with E-state index in [1.807, 2.05) is 38.2 Å². The maximum Gasteiger partial charge on any atom is 0.213 e. The zero-order valence-electron chi connectivity index (χ0n) is 13.6. The van der Waals surface area contributed by atoms with Crippen LogP contribution in [-0.4, -0.2) is 24.1 Å².